The monoisotopic (exact) mass is 321 g/mol. The molecule has 0 aliphatic heterocycles. The zero-order chi connectivity index (χ0) is 17.3. The van der Waals surface area contributed by atoms with Crippen LogP contribution in [0.1, 0.15) is 22.3 Å². The lowest BCUT2D eigenvalue weighted by atomic mass is 10.0. The number of hydrogen-bond acceptors (Lipinski definition) is 5. The van der Waals surface area contributed by atoms with Crippen LogP contribution in [0.3, 0.4) is 0 Å². The summed E-state index contributed by atoms with van der Waals surface area (Å²) >= 11 is 0. The first-order valence-corrected chi connectivity index (χ1v) is 7.72. The molecule has 5 nitrogen and oxygen atoms in total. The molecule has 0 radical (unpaired) electrons. The lowest BCUT2D eigenvalue weighted by Crippen LogP contribution is -2.04. The van der Waals surface area contributed by atoms with Crippen molar-refractivity contribution < 1.29 is 10.1 Å². The standard InChI is InChI=1S/C19H19N3O2/c1-11-7-5-8-12(2)15(11)17-20-18(22-19(21-17)24-23)16-13(3)9-6-10-14(16)4/h5-10,23H,1-4H3. The maximum absolute atomic E-state index is 9.10. The summed E-state index contributed by atoms with van der Waals surface area (Å²) in [5, 5.41) is 9.10. The quantitative estimate of drug-likeness (QED) is 0.575. The number of aryl methyl sites for hydroxylation is 4. The molecule has 0 unspecified atom stereocenters. The average Bonchev–Trinajstić information content (AvgIpc) is 2.54. The van der Waals surface area contributed by atoms with Gasteiger partial charge in [0.1, 0.15) is 0 Å². The van der Waals surface area contributed by atoms with E-state index in [1.807, 2.05) is 64.1 Å². The molecule has 0 saturated heterocycles. The van der Waals surface area contributed by atoms with E-state index in [-0.39, 0.29) is 6.01 Å². The second kappa shape index (κ2) is 6.37. The fraction of sp³-hybridized carbons (Fsp3) is 0.211. The number of rotatable bonds is 3. The Morgan fingerprint density at radius 1 is 0.667 bits per heavy atom. The van der Waals surface area contributed by atoms with Gasteiger partial charge in [-0.15, -0.1) is 0 Å². The molecule has 0 fully saturated rings. The molecule has 3 aromatic rings. The first-order chi connectivity index (χ1) is 11.5. The van der Waals surface area contributed by atoms with E-state index in [0.717, 1.165) is 33.4 Å². The molecule has 0 aliphatic carbocycles. The van der Waals surface area contributed by atoms with Crippen molar-refractivity contribution in [2.75, 3.05) is 0 Å². The third-order valence-electron chi connectivity index (χ3n) is 4.11. The molecule has 0 spiro atoms. The Balaban J connectivity index is 2.28. The molecular formula is C19H19N3O2. The van der Waals surface area contributed by atoms with E-state index in [9.17, 15) is 0 Å². The van der Waals surface area contributed by atoms with Crippen molar-refractivity contribution in [3.05, 3.63) is 58.7 Å². The summed E-state index contributed by atoms with van der Waals surface area (Å²) in [5.74, 6) is 0.976. The van der Waals surface area contributed by atoms with Crippen LogP contribution in [0.25, 0.3) is 22.8 Å². The number of hydrogen-bond donors (Lipinski definition) is 1. The van der Waals surface area contributed by atoms with Crippen LogP contribution in [0.4, 0.5) is 0 Å². The van der Waals surface area contributed by atoms with Gasteiger partial charge in [0.15, 0.2) is 11.6 Å². The molecule has 24 heavy (non-hydrogen) atoms. The van der Waals surface area contributed by atoms with Gasteiger partial charge in [-0.2, -0.15) is 15.2 Å². The van der Waals surface area contributed by atoms with Gasteiger partial charge in [0.25, 0.3) is 0 Å². The summed E-state index contributed by atoms with van der Waals surface area (Å²) in [6.07, 6.45) is 0. The van der Waals surface area contributed by atoms with Gasteiger partial charge in [0, 0.05) is 11.1 Å². The Morgan fingerprint density at radius 3 is 1.38 bits per heavy atom. The molecule has 2 aromatic carbocycles. The van der Waals surface area contributed by atoms with Crippen LogP contribution in [-0.2, 0) is 0 Å². The van der Waals surface area contributed by atoms with E-state index in [1.165, 1.54) is 0 Å². The van der Waals surface area contributed by atoms with Gasteiger partial charge in [-0.05, 0) is 49.9 Å². The fourth-order valence-corrected chi connectivity index (χ4v) is 2.96. The van der Waals surface area contributed by atoms with Crippen molar-refractivity contribution in [1.82, 2.24) is 15.0 Å². The van der Waals surface area contributed by atoms with Gasteiger partial charge >= 0.3 is 6.01 Å². The molecule has 0 aliphatic rings. The second-order valence-electron chi connectivity index (χ2n) is 5.89. The van der Waals surface area contributed by atoms with Crippen molar-refractivity contribution in [3.63, 3.8) is 0 Å². The highest BCUT2D eigenvalue weighted by molar-refractivity contribution is 5.69. The Labute approximate surface area is 141 Å². The summed E-state index contributed by atoms with van der Waals surface area (Å²) in [4.78, 5) is 17.5. The van der Waals surface area contributed by atoms with E-state index >= 15 is 0 Å². The van der Waals surface area contributed by atoms with Gasteiger partial charge in [-0.25, -0.2) is 4.98 Å². The van der Waals surface area contributed by atoms with E-state index in [4.69, 9.17) is 5.26 Å². The third-order valence-corrected chi connectivity index (χ3v) is 4.11. The van der Waals surface area contributed by atoms with Gasteiger partial charge in [0.05, 0.1) is 0 Å². The van der Waals surface area contributed by atoms with E-state index in [0.29, 0.717) is 11.6 Å². The second-order valence-corrected chi connectivity index (χ2v) is 5.89. The largest absolute Gasteiger partial charge is 0.357 e. The van der Waals surface area contributed by atoms with Crippen LogP contribution in [0.5, 0.6) is 6.01 Å². The summed E-state index contributed by atoms with van der Waals surface area (Å²) in [6, 6.07) is 11.9. The average molecular weight is 321 g/mol. The van der Waals surface area contributed by atoms with Crippen molar-refractivity contribution in [1.29, 1.82) is 0 Å². The SMILES string of the molecule is Cc1cccc(C)c1-c1nc(OO)nc(-c2c(C)cccc2C)n1. The summed E-state index contributed by atoms with van der Waals surface area (Å²) in [6.45, 7) is 8.02. The molecule has 0 saturated carbocycles. The maximum Gasteiger partial charge on any atom is 0.357 e. The minimum Gasteiger partial charge on any atom is -0.297 e. The maximum atomic E-state index is 9.10. The van der Waals surface area contributed by atoms with Crippen LogP contribution in [0.15, 0.2) is 36.4 Å². The summed E-state index contributed by atoms with van der Waals surface area (Å²) in [5.41, 5.74) is 6.06. The Kier molecular flexibility index (Phi) is 4.27. The zero-order valence-corrected chi connectivity index (χ0v) is 14.2. The van der Waals surface area contributed by atoms with Gasteiger partial charge < -0.3 is 0 Å². The number of benzene rings is 2. The molecule has 5 heteroatoms. The molecule has 1 N–H and O–H groups in total. The van der Waals surface area contributed by atoms with Crippen molar-refractivity contribution in [2.45, 2.75) is 27.7 Å². The molecule has 0 bridgehead atoms. The normalized spacial score (nSPS) is 10.7. The highest BCUT2D eigenvalue weighted by Gasteiger charge is 2.16. The Morgan fingerprint density at radius 2 is 1.04 bits per heavy atom. The molecular weight excluding hydrogens is 302 g/mol. The number of nitrogens with zero attached hydrogens (tertiary/aromatic N) is 3. The lowest BCUT2D eigenvalue weighted by Gasteiger charge is -2.12. The summed E-state index contributed by atoms with van der Waals surface area (Å²) in [7, 11) is 0. The topological polar surface area (TPSA) is 68.1 Å². The summed E-state index contributed by atoms with van der Waals surface area (Å²) < 4.78 is 0. The minimum atomic E-state index is -0.111. The van der Waals surface area contributed by atoms with E-state index in [2.05, 4.69) is 19.8 Å². The predicted octanol–water partition coefficient (Wildman–Crippen LogP) is 4.29. The Bertz CT molecular complexity index is 797. The zero-order valence-electron chi connectivity index (χ0n) is 14.2. The van der Waals surface area contributed by atoms with Gasteiger partial charge in [-0.1, -0.05) is 36.4 Å². The van der Waals surface area contributed by atoms with Gasteiger partial charge in [-0.3, -0.25) is 4.89 Å². The van der Waals surface area contributed by atoms with E-state index < -0.39 is 0 Å². The third kappa shape index (κ3) is 2.86. The van der Waals surface area contributed by atoms with Crippen LogP contribution < -0.4 is 4.89 Å². The van der Waals surface area contributed by atoms with Crippen molar-refractivity contribution in [3.8, 4) is 28.8 Å². The van der Waals surface area contributed by atoms with Crippen LogP contribution >= 0.6 is 0 Å². The first kappa shape index (κ1) is 16.1. The molecule has 1 heterocycles. The van der Waals surface area contributed by atoms with Crippen LogP contribution in [0, 0.1) is 27.7 Å². The fourth-order valence-electron chi connectivity index (χ4n) is 2.96. The molecule has 0 amide bonds. The van der Waals surface area contributed by atoms with Crippen LogP contribution in [-0.4, -0.2) is 20.2 Å². The lowest BCUT2D eigenvalue weighted by molar-refractivity contribution is -0.145. The Hall–Kier alpha value is -2.79. The van der Waals surface area contributed by atoms with Crippen molar-refractivity contribution >= 4 is 0 Å². The highest BCUT2D eigenvalue weighted by atomic mass is 17.1. The van der Waals surface area contributed by atoms with Crippen LogP contribution in [0.2, 0.25) is 0 Å². The molecule has 1 aromatic heterocycles. The van der Waals surface area contributed by atoms with Crippen molar-refractivity contribution in [2.24, 2.45) is 0 Å². The molecule has 122 valence electrons. The minimum absolute atomic E-state index is 0.111. The van der Waals surface area contributed by atoms with E-state index in [1.54, 1.807) is 0 Å². The molecule has 3 rings (SSSR count). The smallest absolute Gasteiger partial charge is 0.297 e. The van der Waals surface area contributed by atoms with Gasteiger partial charge in [0.2, 0.25) is 0 Å². The number of aromatic nitrogens is 3. The molecule has 0 atom stereocenters. The first-order valence-electron chi connectivity index (χ1n) is 7.72. The highest BCUT2D eigenvalue weighted by Crippen LogP contribution is 2.29. The predicted molar refractivity (Wildman–Crippen MR) is 92.9 cm³/mol.